The van der Waals surface area contributed by atoms with Crippen molar-refractivity contribution in [1.82, 2.24) is 15.1 Å². The van der Waals surface area contributed by atoms with Crippen LogP contribution in [0.1, 0.15) is 42.9 Å². The Morgan fingerprint density at radius 2 is 2.15 bits per heavy atom. The molecule has 0 saturated carbocycles. The molecule has 26 heavy (non-hydrogen) atoms. The number of hydrogen-bond acceptors (Lipinski definition) is 3. The van der Waals surface area contributed by atoms with Crippen LogP contribution in [-0.2, 0) is 13.0 Å². The average Bonchev–Trinajstić information content (AvgIpc) is 3.31. The van der Waals surface area contributed by atoms with Gasteiger partial charge in [-0.2, -0.15) is 5.10 Å². The van der Waals surface area contributed by atoms with E-state index in [0.29, 0.717) is 5.92 Å². The first-order valence-electron chi connectivity index (χ1n) is 9.32. The molecule has 1 atom stereocenters. The minimum Gasteiger partial charge on any atom is -0.465 e. The van der Waals surface area contributed by atoms with Crippen molar-refractivity contribution in [3.05, 3.63) is 65.6 Å². The van der Waals surface area contributed by atoms with E-state index in [9.17, 15) is 4.39 Å². The largest absolute Gasteiger partial charge is 0.465 e. The second-order valence-electron chi connectivity index (χ2n) is 7.00. The van der Waals surface area contributed by atoms with E-state index in [1.54, 1.807) is 12.1 Å². The number of nitrogens with zero attached hydrogens (tertiary/aromatic N) is 2. The van der Waals surface area contributed by atoms with Gasteiger partial charge in [-0.1, -0.05) is 19.1 Å². The highest BCUT2D eigenvalue weighted by atomic mass is 19.1. The molecule has 1 aliphatic rings. The van der Waals surface area contributed by atoms with Gasteiger partial charge in [0.25, 0.3) is 0 Å². The normalized spacial score (nSPS) is 18.3. The van der Waals surface area contributed by atoms with E-state index in [0.717, 1.165) is 67.2 Å². The summed E-state index contributed by atoms with van der Waals surface area (Å²) < 4.78 is 19.5. The van der Waals surface area contributed by atoms with Crippen molar-refractivity contribution >= 4 is 0 Å². The SMILES string of the molecule is CCc1ccc(CN2CCCC(c3[nH]ncc3-c3cccc(F)c3)C2)o1. The van der Waals surface area contributed by atoms with Gasteiger partial charge in [0.2, 0.25) is 0 Å². The minimum atomic E-state index is -0.218. The zero-order valence-electron chi connectivity index (χ0n) is 15.0. The summed E-state index contributed by atoms with van der Waals surface area (Å²) >= 11 is 0. The van der Waals surface area contributed by atoms with E-state index >= 15 is 0 Å². The number of benzene rings is 1. The predicted octanol–water partition coefficient (Wildman–Crippen LogP) is 4.75. The van der Waals surface area contributed by atoms with E-state index in [2.05, 4.69) is 34.2 Å². The lowest BCUT2D eigenvalue weighted by molar-refractivity contribution is 0.184. The summed E-state index contributed by atoms with van der Waals surface area (Å²) in [4.78, 5) is 2.43. The number of likely N-dealkylation sites (tertiary alicyclic amines) is 1. The molecule has 0 spiro atoms. The number of aromatic nitrogens is 2. The molecule has 1 aromatic carbocycles. The molecule has 2 aromatic heterocycles. The highest BCUT2D eigenvalue weighted by Gasteiger charge is 2.25. The Morgan fingerprint density at radius 1 is 1.27 bits per heavy atom. The van der Waals surface area contributed by atoms with Crippen LogP contribution in [0.5, 0.6) is 0 Å². The smallest absolute Gasteiger partial charge is 0.123 e. The molecule has 0 radical (unpaired) electrons. The molecule has 0 amide bonds. The van der Waals surface area contributed by atoms with Crippen molar-refractivity contribution < 1.29 is 8.81 Å². The number of hydrogen-bond donors (Lipinski definition) is 1. The Labute approximate surface area is 153 Å². The predicted molar refractivity (Wildman–Crippen MR) is 99.3 cm³/mol. The summed E-state index contributed by atoms with van der Waals surface area (Å²) in [6.45, 7) is 4.96. The summed E-state index contributed by atoms with van der Waals surface area (Å²) in [5.41, 5.74) is 2.99. The molecule has 1 fully saturated rings. The standard InChI is InChI=1S/C21H24FN3O/c1-2-18-8-9-19(26-18)14-25-10-4-6-16(13-25)21-20(12-23-24-21)15-5-3-7-17(22)11-15/h3,5,7-9,11-12,16H,2,4,6,10,13-14H2,1H3,(H,23,24). The Hall–Kier alpha value is -2.40. The Bertz CT molecular complexity index is 870. The van der Waals surface area contributed by atoms with Gasteiger partial charge in [0.15, 0.2) is 0 Å². The van der Waals surface area contributed by atoms with Crippen molar-refractivity contribution in [3.8, 4) is 11.1 Å². The van der Waals surface area contributed by atoms with Crippen molar-refractivity contribution in [1.29, 1.82) is 0 Å². The zero-order chi connectivity index (χ0) is 17.9. The van der Waals surface area contributed by atoms with Crippen molar-refractivity contribution in [3.63, 3.8) is 0 Å². The lowest BCUT2D eigenvalue weighted by Crippen LogP contribution is -2.34. The Balaban J connectivity index is 1.51. The molecular weight excluding hydrogens is 329 g/mol. The van der Waals surface area contributed by atoms with Gasteiger partial charge in [-0.25, -0.2) is 4.39 Å². The molecule has 136 valence electrons. The van der Waals surface area contributed by atoms with Crippen LogP contribution < -0.4 is 0 Å². The van der Waals surface area contributed by atoms with E-state index in [1.165, 1.54) is 6.07 Å². The topological polar surface area (TPSA) is 45.1 Å². The van der Waals surface area contributed by atoms with Gasteiger partial charge in [0.05, 0.1) is 12.7 Å². The number of H-pyrrole nitrogens is 1. The van der Waals surface area contributed by atoms with Gasteiger partial charge in [-0.05, 0) is 49.2 Å². The van der Waals surface area contributed by atoms with Gasteiger partial charge in [0.1, 0.15) is 17.3 Å². The molecular formula is C21H24FN3O. The summed E-state index contributed by atoms with van der Waals surface area (Å²) in [6.07, 6.45) is 4.98. The number of aromatic amines is 1. The molecule has 3 heterocycles. The molecule has 5 heteroatoms. The van der Waals surface area contributed by atoms with Crippen molar-refractivity contribution in [2.75, 3.05) is 13.1 Å². The molecule has 1 N–H and O–H groups in total. The number of halogens is 1. The summed E-state index contributed by atoms with van der Waals surface area (Å²) in [5, 5.41) is 7.41. The lowest BCUT2D eigenvalue weighted by Gasteiger charge is -2.32. The fourth-order valence-electron chi connectivity index (χ4n) is 3.85. The third-order valence-electron chi connectivity index (χ3n) is 5.16. The summed E-state index contributed by atoms with van der Waals surface area (Å²) in [6, 6.07) is 10.9. The number of piperidine rings is 1. The number of rotatable bonds is 5. The quantitative estimate of drug-likeness (QED) is 0.720. The molecule has 3 aromatic rings. The van der Waals surface area contributed by atoms with Crippen LogP contribution in [0, 0.1) is 5.82 Å². The summed E-state index contributed by atoms with van der Waals surface area (Å²) in [5.74, 6) is 2.21. The van der Waals surface area contributed by atoms with Gasteiger partial charge in [-0.3, -0.25) is 10.00 Å². The van der Waals surface area contributed by atoms with E-state index in [1.807, 2.05) is 12.3 Å². The highest BCUT2D eigenvalue weighted by Crippen LogP contribution is 2.33. The van der Waals surface area contributed by atoms with E-state index in [4.69, 9.17) is 4.42 Å². The first-order valence-corrected chi connectivity index (χ1v) is 9.32. The first-order chi connectivity index (χ1) is 12.7. The van der Waals surface area contributed by atoms with Crippen LogP contribution in [-0.4, -0.2) is 28.2 Å². The second-order valence-corrected chi connectivity index (χ2v) is 7.00. The fourth-order valence-corrected chi connectivity index (χ4v) is 3.85. The van der Waals surface area contributed by atoms with Crippen LogP contribution in [0.2, 0.25) is 0 Å². The maximum atomic E-state index is 13.6. The first kappa shape index (κ1) is 17.0. The molecule has 1 aliphatic heterocycles. The molecule has 0 aliphatic carbocycles. The summed E-state index contributed by atoms with van der Waals surface area (Å²) in [7, 11) is 0. The maximum absolute atomic E-state index is 13.6. The molecule has 4 rings (SSSR count). The van der Waals surface area contributed by atoms with Crippen molar-refractivity contribution in [2.45, 2.75) is 38.6 Å². The lowest BCUT2D eigenvalue weighted by atomic mass is 9.90. The monoisotopic (exact) mass is 353 g/mol. The van der Waals surface area contributed by atoms with Crippen LogP contribution in [0.15, 0.2) is 47.0 Å². The van der Waals surface area contributed by atoms with Crippen LogP contribution in [0.4, 0.5) is 4.39 Å². The minimum absolute atomic E-state index is 0.218. The van der Waals surface area contributed by atoms with E-state index < -0.39 is 0 Å². The van der Waals surface area contributed by atoms with Crippen LogP contribution in [0.3, 0.4) is 0 Å². The van der Waals surface area contributed by atoms with E-state index in [-0.39, 0.29) is 5.82 Å². The maximum Gasteiger partial charge on any atom is 0.123 e. The third-order valence-corrected chi connectivity index (χ3v) is 5.16. The Morgan fingerprint density at radius 3 is 2.96 bits per heavy atom. The van der Waals surface area contributed by atoms with Gasteiger partial charge in [0, 0.05) is 30.1 Å². The second kappa shape index (κ2) is 7.46. The average molecular weight is 353 g/mol. The van der Waals surface area contributed by atoms with Gasteiger partial charge in [-0.15, -0.1) is 0 Å². The van der Waals surface area contributed by atoms with Crippen LogP contribution in [0.25, 0.3) is 11.1 Å². The fraction of sp³-hybridized carbons (Fsp3) is 0.381. The van der Waals surface area contributed by atoms with Gasteiger partial charge < -0.3 is 4.42 Å². The number of furan rings is 1. The number of nitrogens with one attached hydrogen (secondary N) is 1. The molecule has 4 nitrogen and oxygen atoms in total. The highest BCUT2D eigenvalue weighted by molar-refractivity contribution is 5.65. The molecule has 1 unspecified atom stereocenters. The molecule has 0 bridgehead atoms. The molecule has 1 saturated heterocycles. The third kappa shape index (κ3) is 3.58. The Kier molecular flexibility index (Phi) is 4.89. The zero-order valence-corrected chi connectivity index (χ0v) is 15.0. The van der Waals surface area contributed by atoms with Crippen LogP contribution >= 0.6 is 0 Å². The number of aryl methyl sites for hydroxylation is 1. The van der Waals surface area contributed by atoms with Crippen molar-refractivity contribution in [2.24, 2.45) is 0 Å². The van der Waals surface area contributed by atoms with Gasteiger partial charge >= 0.3 is 0 Å².